The fourth-order valence-corrected chi connectivity index (χ4v) is 5.24. The Morgan fingerprint density at radius 3 is 2.30 bits per heavy atom. The van der Waals surface area contributed by atoms with Gasteiger partial charge in [0.1, 0.15) is 0 Å². The minimum atomic E-state index is -3.54. The Bertz CT molecular complexity index is 986. The Morgan fingerprint density at radius 2 is 1.67 bits per heavy atom. The number of nitrogens with zero attached hydrogens (tertiary/aromatic N) is 3. The summed E-state index contributed by atoms with van der Waals surface area (Å²) in [5, 5.41) is 3.57. The summed E-state index contributed by atoms with van der Waals surface area (Å²) in [6.07, 6.45) is 4.34. The quantitative estimate of drug-likeness (QED) is 0.803. The fourth-order valence-electron chi connectivity index (χ4n) is 3.75. The van der Waals surface area contributed by atoms with Crippen molar-refractivity contribution in [3.05, 3.63) is 28.7 Å². The first-order valence-electron chi connectivity index (χ1n) is 9.27. The molecule has 0 radical (unpaired) electrons. The highest BCUT2D eigenvalue weighted by Crippen LogP contribution is 2.28. The topological polar surface area (TPSA) is 76.3 Å². The summed E-state index contributed by atoms with van der Waals surface area (Å²) in [4.78, 5) is 12.3. The number of halogens is 1. The van der Waals surface area contributed by atoms with E-state index in [2.05, 4.69) is 5.32 Å². The highest BCUT2D eigenvalue weighted by molar-refractivity contribution is 7.89. The third kappa shape index (κ3) is 3.81. The molecular weight excluding hydrogens is 388 g/mol. The molecule has 1 aromatic heterocycles. The summed E-state index contributed by atoms with van der Waals surface area (Å²) in [5.74, 6) is 0.834. The minimum Gasteiger partial charge on any atom is -0.314 e. The Hall–Kier alpha value is -1.35. The number of hydrogen-bond acceptors (Lipinski definition) is 4. The van der Waals surface area contributed by atoms with Crippen molar-refractivity contribution in [2.45, 2.75) is 36.6 Å². The van der Waals surface area contributed by atoms with Crippen LogP contribution in [-0.2, 0) is 24.1 Å². The molecule has 1 N–H and O–H groups in total. The Balaban J connectivity index is 0.00000210. The number of imidazole rings is 1. The van der Waals surface area contributed by atoms with E-state index < -0.39 is 10.0 Å². The zero-order valence-electron chi connectivity index (χ0n) is 15.7. The summed E-state index contributed by atoms with van der Waals surface area (Å²) in [7, 11) is -0.178. The van der Waals surface area contributed by atoms with Crippen molar-refractivity contribution >= 4 is 33.5 Å². The van der Waals surface area contributed by atoms with E-state index in [0.717, 1.165) is 30.8 Å². The number of aryl methyl sites for hydroxylation is 2. The maximum atomic E-state index is 13.0. The van der Waals surface area contributed by atoms with Crippen molar-refractivity contribution in [1.82, 2.24) is 18.8 Å². The van der Waals surface area contributed by atoms with Crippen LogP contribution in [0.2, 0.25) is 0 Å². The normalized spacial score (nSPS) is 19.3. The Morgan fingerprint density at radius 1 is 1.04 bits per heavy atom. The molecule has 0 atom stereocenters. The second-order valence-corrected chi connectivity index (χ2v) is 9.52. The molecule has 2 aromatic rings. The summed E-state index contributed by atoms with van der Waals surface area (Å²) >= 11 is 0. The van der Waals surface area contributed by atoms with Gasteiger partial charge in [-0.1, -0.05) is 0 Å². The van der Waals surface area contributed by atoms with E-state index in [9.17, 15) is 13.2 Å². The first-order valence-corrected chi connectivity index (χ1v) is 10.7. The van der Waals surface area contributed by atoms with Crippen molar-refractivity contribution in [3.8, 4) is 0 Å². The Kier molecular flexibility index (Phi) is 5.72. The van der Waals surface area contributed by atoms with Gasteiger partial charge in [0.2, 0.25) is 10.0 Å². The molecule has 1 aliphatic heterocycles. The average Bonchev–Trinajstić information content (AvgIpc) is 3.45. The van der Waals surface area contributed by atoms with E-state index in [1.807, 2.05) is 0 Å². The van der Waals surface area contributed by atoms with Crippen molar-refractivity contribution in [3.63, 3.8) is 0 Å². The van der Waals surface area contributed by atoms with Gasteiger partial charge in [0.05, 0.1) is 15.9 Å². The van der Waals surface area contributed by atoms with Gasteiger partial charge in [-0.15, -0.1) is 12.4 Å². The molecule has 0 bridgehead atoms. The molecule has 7 nitrogen and oxygen atoms in total. The van der Waals surface area contributed by atoms with E-state index in [4.69, 9.17) is 0 Å². The predicted molar refractivity (Wildman–Crippen MR) is 108 cm³/mol. The third-order valence-corrected chi connectivity index (χ3v) is 7.62. The summed E-state index contributed by atoms with van der Waals surface area (Å²) < 4.78 is 30.6. The molecule has 2 fully saturated rings. The molecule has 1 aliphatic carbocycles. The van der Waals surface area contributed by atoms with E-state index in [0.29, 0.717) is 24.6 Å². The third-order valence-electron chi connectivity index (χ3n) is 5.73. The van der Waals surface area contributed by atoms with E-state index in [1.54, 1.807) is 36.6 Å². The number of piperidine rings is 1. The molecule has 2 aliphatic rings. The Labute approximate surface area is 165 Å². The number of nitrogens with one attached hydrogen (secondary N) is 1. The maximum Gasteiger partial charge on any atom is 0.328 e. The van der Waals surface area contributed by atoms with Gasteiger partial charge in [-0.2, -0.15) is 4.31 Å². The van der Waals surface area contributed by atoms with Crippen LogP contribution in [0, 0.1) is 5.92 Å². The van der Waals surface area contributed by atoms with Gasteiger partial charge < -0.3 is 5.32 Å². The van der Waals surface area contributed by atoms with E-state index in [1.165, 1.54) is 22.0 Å². The highest BCUT2D eigenvalue weighted by Gasteiger charge is 2.30. The molecule has 0 unspecified atom stereocenters. The minimum absolute atomic E-state index is 0. The van der Waals surface area contributed by atoms with Gasteiger partial charge in [0.25, 0.3) is 0 Å². The van der Waals surface area contributed by atoms with Gasteiger partial charge >= 0.3 is 5.69 Å². The zero-order valence-corrected chi connectivity index (χ0v) is 17.4. The molecule has 2 heterocycles. The first-order chi connectivity index (χ1) is 12.4. The monoisotopic (exact) mass is 414 g/mol. The molecule has 1 saturated heterocycles. The molecule has 4 rings (SSSR count). The molecule has 0 spiro atoms. The number of benzene rings is 1. The van der Waals surface area contributed by atoms with Gasteiger partial charge in [-0.3, -0.25) is 9.13 Å². The van der Waals surface area contributed by atoms with Crippen LogP contribution in [0.1, 0.15) is 25.7 Å². The number of rotatable bonds is 5. The molecule has 27 heavy (non-hydrogen) atoms. The van der Waals surface area contributed by atoms with Crippen LogP contribution < -0.4 is 11.0 Å². The second kappa shape index (κ2) is 7.58. The van der Waals surface area contributed by atoms with Crippen LogP contribution in [0.25, 0.3) is 11.0 Å². The van der Waals surface area contributed by atoms with Crippen molar-refractivity contribution in [2.75, 3.05) is 19.6 Å². The largest absolute Gasteiger partial charge is 0.328 e. The van der Waals surface area contributed by atoms with Crippen LogP contribution in [0.5, 0.6) is 0 Å². The fraction of sp³-hybridized carbons (Fsp3) is 0.611. The van der Waals surface area contributed by atoms with Gasteiger partial charge in [0, 0.05) is 33.2 Å². The van der Waals surface area contributed by atoms with Crippen molar-refractivity contribution < 1.29 is 8.42 Å². The number of aromatic nitrogens is 2. The van der Waals surface area contributed by atoms with Crippen LogP contribution >= 0.6 is 12.4 Å². The molecule has 9 heteroatoms. The first kappa shape index (κ1) is 20.4. The molecule has 1 aromatic carbocycles. The van der Waals surface area contributed by atoms with Crippen LogP contribution in [0.3, 0.4) is 0 Å². The van der Waals surface area contributed by atoms with Crippen LogP contribution in [0.15, 0.2) is 27.9 Å². The molecular formula is C18H27ClN4O3S. The van der Waals surface area contributed by atoms with Gasteiger partial charge in [-0.05, 0) is 56.3 Å². The lowest BCUT2D eigenvalue weighted by Crippen LogP contribution is -2.45. The molecule has 1 saturated carbocycles. The maximum absolute atomic E-state index is 13.0. The smallest absolute Gasteiger partial charge is 0.314 e. The summed E-state index contributed by atoms with van der Waals surface area (Å²) in [6, 6.07) is 5.35. The zero-order chi connectivity index (χ0) is 18.5. The number of sulfonamides is 1. The van der Waals surface area contributed by atoms with Gasteiger partial charge in [-0.25, -0.2) is 13.2 Å². The summed E-state index contributed by atoms with van der Waals surface area (Å²) in [6.45, 7) is 2.14. The van der Waals surface area contributed by atoms with Crippen LogP contribution in [0.4, 0.5) is 0 Å². The van der Waals surface area contributed by atoms with Crippen molar-refractivity contribution in [2.24, 2.45) is 20.0 Å². The highest BCUT2D eigenvalue weighted by atomic mass is 35.5. The SMILES string of the molecule is Cl.Cn1c(=O)n(C)c2cc(S(=O)(=O)N3CCC(NCC4CC4)CC3)ccc21. The average molecular weight is 415 g/mol. The number of fused-ring (bicyclic) bond motifs is 1. The lowest BCUT2D eigenvalue weighted by molar-refractivity contribution is 0.288. The van der Waals surface area contributed by atoms with Crippen molar-refractivity contribution in [1.29, 1.82) is 0 Å². The van der Waals surface area contributed by atoms with E-state index in [-0.39, 0.29) is 23.0 Å². The lowest BCUT2D eigenvalue weighted by atomic mass is 10.1. The van der Waals surface area contributed by atoms with Crippen LogP contribution in [-0.4, -0.2) is 47.5 Å². The van der Waals surface area contributed by atoms with E-state index >= 15 is 0 Å². The molecule has 0 amide bonds. The van der Waals surface area contributed by atoms with Gasteiger partial charge in [0.15, 0.2) is 0 Å². The lowest BCUT2D eigenvalue weighted by Gasteiger charge is -2.31. The summed E-state index contributed by atoms with van der Waals surface area (Å²) in [5.41, 5.74) is 1.22. The second-order valence-electron chi connectivity index (χ2n) is 7.58. The number of hydrogen-bond donors (Lipinski definition) is 1. The standard InChI is InChI=1S/C18H26N4O3S.ClH/c1-20-16-6-5-15(11-17(16)21(2)18(20)23)26(24,25)22-9-7-14(8-10-22)19-12-13-3-4-13;/h5-6,11,13-14,19H,3-4,7-10,12H2,1-2H3;1H. The predicted octanol–water partition coefficient (Wildman–Crippen LogP) is 1.45. The molecule has 150 valence electrons.